The Kier molecular flexibility index (Phi) is 5.76. The number of nitrogens with one attached hydrogen (secondary N) is 1. The van der Waals surface area contributed by atoms with E-state index in [0.29, 0.717) is 4.91 Å². The van der Waals surface area contributed by atoms with Gasteiger partial charge in [-0.1, -0.05) is 54.3 Å². The highest BCUT2D eigenvalue weighted by molar-refractivity contribution is 8.26. The van der Waals surface area contributed by atoms with Gasteiger partial charge in [-0.15, -0.1) is 0 Å². The number of aromatic hydroxyl groups is 1. The quantitative estimate of drug-likeness (QED) is 0.510. The number of nitrogens with zero attached hydrogens (tertiary/aromatic N) is 1. The zero-order chi connectivity index (χ0) is 20.3. The second-order valence-electron chi connectivity index (χ2n) is 5.76. The number of phenols is 1. The molecular weight excluding hydrogens is 400 g/mol. The van der Waals surface area contributed by atoms with Gasteiger partial charge in [0.05, 0.1) is 4.91 Å². The number of carbonyl (C=O) groups is 3. The fourth-order valence-electron chi connectivity index (χ4n) is 2.47. The summed E-state index contributed by atoms with van der Waals surface area (Å²) in [7, 11) is 0. The Morgan fingerprint density at radius 1 is 1.18 bits per heavy atom. The maximum Gasteiger partial charge on any atom is 0.339 e. The minimum Gasteiger partial charge on any atom is -0.507 e. The lowest BCUT2D eigenvalue weighted by Gasteiger charge is -2.14. The molecule has 3 N–H and O–H groups in total. The molecule has 0 atom stereocenters. The standard InChI is InChI=1S/C19H14N2O5S2/c22-14-9-12(6-7-13(14)18(25)26)20-16(23)10-21-17(24)15(28-19(21)27)8-11-4-2-1-3-5-11/h1-9,22H,10H2,(H,20,23)(H,25,26). The normalized spacial score (nSPS) is 15.1. The van der Waals surface area contributed by atoms with E-state index in [1.807, 2.05) is 30.3 Å². The summed E-state index contributed by atoms with van der Waals surface area (Å²) in [6.45, 7) is -0.293. The first-order chi connectivity index (χ1) is 13.3. The van der Waals surface area contributed by atoms with Gasteiger partial charge in [-0.2, -0.15) is 0 Å². The van der Waals surface area contributed by atoms with Crippen molar-refractivity contribution in [2.75, 3.05) is 11.9 Å². The number of amides is 2. The molecule has 2 aromatic rings. The number of thioether (sulfide) groups is 1. The van der Waals surface area contributed by atoms with Crippen molar-refractivity contribution in [2.24, 2.45) is 0 Å². The Morgan fingerprint density at radius 2 is 1.89 bits per heavy atom. The molecule has 1 saturated heterocycles. The van der Waals surface area contributed by atoms with Gasteiger partial charge >= 0.3 is 5.97 Å². The molecule has 0 bridgehead atoms. The van der Waals surface area contributed by atoms with Crippen molar-refractivity contribution in [3.8, 4) is 5.75 Å². The summed E-state index contributed by atoms with van der Waals surface area (Å²) in [5.74, 6) is -2.64. The van der Waals surface area contributed by atoms with Gasteiger partial charge in [-0.3, -0.25) is 14.5 Å². The molecule has 0 aliphatic carbocycles. The molecule has 0 radical (unpaired) electrons. The first-order valence-corrected chi connectivity index (χ1v) is 9.24. The van der Waals surface area contributed by atoms with Gasteiger partial charge in [-0.05, 0) is 23.8 Å². The Bertz CT molecular complexity index is 1000. The Hall–Kier alpha value is -3.17. The average Bonchev–Trinajstić information content (AvgIpc) is 2.89. The monoisotopic (exact) mass is 414 g/mol. The van der Waals surface area contributed by atoms with Crippen molar-refractivity contribution in [3.05, 3.63) is 64.6 Å². The average molecular weight is 414 g/mol. The first-order valence-electron chi connectivity index (χ1n) is 8.02. The van der Waals surface area contributed by atoms with Crippen LogP contribution in [0.15, 0.2) is 53.4 Å². The molecule has 1 heterocycles. The van der Waals surface area contributed by atoms with Crippen molar-refractivity contribution in [1.82, 2.24) is 4.90 Å². The van der Waals surface area contributed by atoms with E-state index in [1.165, 1.54) is 17.0 Å². The predicted molar refractivity (Wildman–Crippen MR) is 110 cm³/mol. The van der Waals surface area contributed by atoms with Crippen LogP contribution in [0, 0.1) is 0 Å². The number of aromatic carboxylic acids is 1. The van der Waals surface area contributed by atoms with Crippen LogP contribution in [0.1, 0.15) is 15.9 Å². The maximum absolute atomic E-state index is 12.5. The second kappa shape index (κ2) is 8.24. The van der Waals surface area contributed by atoms with E-state index in [9.17, 15) is 19.5 Å². The summed E-state index contributed by atoms with van der Waals surface area (Å²) in [5, 5.41) is 21.1. The molecule has 0 aromatic heterocycles. The number of anilines is 1. The van der Waals surface area contributed by atoms with Crippen LogP contribution in [-0.2, 0) is 9.59 Å². The molecule has 1 fully saturated rings. The van der Waals surface area contributed by atoms with Crippen LogP contribution >= 0.6 is 24.0 Å². The lowest BCUT2D eigenvalue weighted by Crippen LogP contribution is -2.36. The molecule has 142 valence electrons. The Balaban J connectivity index is 1.68. The van der Waals surface area contributed by atoms with Crippen LogP contribution < -0.4 is 5.32 Å². The van der Waals surface area contributed by atoms with Crippen molar-refractivity contribution in [3.63, 3.8) is 0 Å². The molecule has 2 aromatic carbocycles. The molecule has 3 rings (SSSR count). The highest BCUT2D eigenvalue weighted by Gasteiger charge is 2.33. The van der Waals surface area contributed by atoms with Crippen LogP contribution in [0.5, 0.6) is 5.75 Å². The summed E-state index contributed by atoms with van der Waals surface area (Å²) in [4.78, 5) is 37.3. The van der Waals surface area contributed by atoms with Crippen molar-refractivity contribution >= 4 is 57.8 Å². The summed E-state index contributed by atoms with van der Waals surface area (Å²) < 4.78 is 0.270. The van der Waals surface area contributed by atoms with E-state index in [1.54, 1.807) is 6.08 Å². The second-order valence-corrected chi connectivity index (χ2v) is 7.44. The minimum absolute atomic E-state index is 0.206. The zero-order valence-corrected chi connectivity index (χ0v) is 15.9. The summed E-state index contributed by atoms with van der Waals surface area (Å²) in [5.41, 5.74) is 0.778. The van der Waals surface area contributed by atoms with Crippen LogP contribution in [0.3, 0.4) is 0 Å². The molecule has 9 heteroatoms. The number of hydrogen-bond acceptors (Lipinski definition) is 6. The van der Waals surface area contributed by atoms with Gasteiger partial charge in [0.1, 0.15) is 22.2 Å². The lowest BCUT2D eigenvalue weighted by atomic mass is 10.2. The number of thiocarbonyl (C=S) groups is 1. The van der Waals surface area contributed by atoms with Crippen molar-refractivity contribution in [1.29, 1.82) is 0 Å². The third-order valence-electron chi connectivity index (χ3n) is 3.78. The smallest absolute Gasteiger partial charge is 0.339 e. The van der Waals surface area contributed by atoms with E-state index in [0.717, 1.165) is 23.4 Å². The fourth-order valence-corrected chi connectivity index (χ4v) is 3.73. The van der Waals surface area contributed by atoms with E-state index < -0.39 is 17.6 Å². The van der Waals surface area contributed by atoms with Crippen LogP contribution in [-0.4, -0.2) is 43.8 Å². The molecular formula is C19H14N2O5S2. The highest BCUT2D eigenvalue weighted by Crippen LogP contribution is 2.32. The summed E-state index contributed by atoms with van der Waals surface area (Å²) in [6.07, 6.45) is 1.71. The largest absolute Gasteiger partial charge is 0.507 e. The topological polar surface area (TPSA) is 107 Å². The van der Waals surface area contributed by atoms with E-state index >= 15 is 0 Å². The lowest BCUT2D eigenvalue weighted by molar-refractivity contribution is -0.126. The number of carboxylic acids is 1. The van der Waals surface area contributed by atoms with Gasteiger partial charge in [0.2, 0.25) is 5.91 Å². The van der Waals surface area contributed by atoms with Gasteiger partial charge in [-0.25, -0.2) is 4.79 Å². The molecule has 1 aliphatic heterocycles. The number of carboxylic acid groups (broad SMARTS) is 1. The summed E-state index contributed by atoms with van der Waals surface area (Å²) >= 11 is 6.32. The molecule has 0 spiro atoms. The SMILES string of the molecule is O=C(CN1C(=O)C(=Cc2ccccc2)SC1=S)Nc1ccc(C(=O)O)c(O)c1. The summed E-state index contributed by atoms with van der Waals surface area (Å²) in [6, 6.07) is 12.9. The molecule has 0 saturated carbocycles. The third-order valence-corrected chi connectivity index (χ3v) is 5.16. The molecule has 7 nitrogen and oxygen atoms in total. The van der Waals surface area contributed by atoms with E-state index in [4.69, 9.17) is 17.3 Å². The van der Waals surface area contributed by atoms with Crippen LogP contribution in [0.25, 0.3) is 6.08 Å². The fraction of sp³-hybridized carbons (Fsp3) is 0.0526. The number of benzene rings is 2. The van der Waals surface area contributed by atoms with Gasteiger partial charge in [0.15, 0.2) is 0 Å². The van der Waals surface area contributed by atoms with Gasteiger partial charge < -0.3 is 15.5 Å². The van der Waals surface area contributed by atoms with Crippen molar-refractivity contribution < 1.29 is 24.6 Å². The van der Waals surface area contributed by atoms with Crippen LogP contribution in [0.2, 0.25) is 0 Å². The van der Waals surface area contributed by atoms with Crippen molar-refractivity contribution in [2.45, 2.75) is 0 Å². The number of rotatable bonds is 5. The molecule has 2 amide bonds. The number of hydrogen-bond donors (Lipinski definition) is 3. The highest BCUT2D eigenvalue weighted by atomic mass is 32.2. The first kappa shape index (κ1) is 19.6. The Labute approximate surface area is 169 Å². The van der Waals surface area contributed by atoms with Gasteiger partial charge in [0.25, 0.3) is 5.91 Å². The molecule has 1 aliphatic rings. The van der Waals surface area contributed by atoms with Gasteiger partial charge in [0, 0.05) is 11.8 Å². The maximum atomic E-state index is 12.5. The minimum atomic E-state index is -1.28. The zero-order valence-electron chi connectivity index (χ0n) is 14.3. The Morgan fingerprint density at radius 3 is 2.54 bits per heavy atom. The number of carbonyl (C=O) groups excluding carboxylic acids is 2. The third kappa shape index (κ3) is 4.38. The predicted octanol–water partition coefficient (Wildman–Crippen LogP) is 2.93. The molecule has 28 heavy (non-hydrogen) atoms. The molecule has 0 unspecified atom stereocenters. The van der Waals surface area contributed by atoms with E-state index in [2.05, 4.69) is 5.32 Å². The van der Waals surface area contributed by atoms with Crippen LogP contribution in [0.4, 0.5) is 5.69 Å². The van der Waals surface area contributed by atoms with E-state index in [-0.39, 0.29) is 28.0 Å².